The van der Waals surface area contributed by atoms with E-state index in [1.165, 1.54) is 0 Å². The lowest BCUT2D eigenvalue weighted by atomic mass is 10.1. The van der Waals surface area contributed by atoms with Crippen molar-refractivity contribution in [3.63, 3.8) is 0 Å². The van der Waals surface area contributed by atoms with Crippen LogP contribution in [-0.2, 0) is 0 Å². The summed E-state index contributed by atoms with van der Waals surface area (Å²) in [6.07, 6.45) is 0. The Balaban J connectivity index is 2.05. The van der Waals surface area contributed by atoms with Crippen LogP contribution in [0, 0.1) is 6.92 Å². The molecule has 0 aliphatic heterocycles. The molecule has 0 aliphatic carbocycles. The van der Waals surface area contributed by atoms with Crippen molar-refractivity contribution in [1.82, 2.24) is 0 Å². The molecule has 0 saturated carbocycles. The van der Waals surface area contributed by atoms with Gasteiger partial charge >= 0.3 is 0 Å². The molecule has 2 N–H and O–H groups in total. The molecule has 0 atom stereocenters. The fourth-order valence-electron chi connectivity index (χ4n) is 1.95. The Morgan fingerprint density at radius 2 is 1.55 bits per heavy atom. The van der Waals surface area contributed by atoms with E-state index in [1.807, 2.05) is 81.0 Å². The maximum atomic E-state index is 12.2. The zero-order valence-corrected chi connectivity index (χ0v) is 13.5. The molecule has 22 heavy (non-hydrogen) atoms. The minimum absolute atomic E-state index is 0.0968. The van der Waals surface area contributed by atoms with Crippen molar-refractivity contribution in [1.29, 1.82) is 0 Å². The number of hydrogen-bond donors (Lipinski definition) is 2. The number of carbonyl (C=O) groups is 1. The second-order valence-electron chi connectivity index (χ2n) is 5.51. The zero-order chi connectivity index (χ0) is 16.1. The highest BCUT2D eigenvalue weighted by Gasteiger charge is 2.07. The van der Waals surface area contributed by atoms with Gasteiger partial charge in [-0.15, -0.1) is 0 Å². The van der Waals surface area contributed by atoms with Gasteiger partial charge in [-0.2, -0.15) is 0 Å². The minimum Gasteiger partial charge on any atom is -0.322 e. The van der Waals surface area contributed by atoms with E-state index >= 15 is 0 Å². The molecule has 2 aromatic rings. The number of amides is 1. The molecule has 0 radical (unpaired) electrons. The van der Waals surface area contributed by atoms with E-state index in [0.29, 0.717) is 5.56 Å². The average Bonchev–Trinajstić information content (AvgIpc) is 2.49. The molecule has 1 amide bonds. The quantitative estimate of drug-likeness (QED) is 0.518. The first-order chi connectivity index (χ1) is 10.5. The first-order valence-corrected chi connectivity index (χ1v) is 7.21. The lowest BCUT2D eigenvalue weighted by Crippen LogP contribution is -2.18. The molecule has 0 aromatic heterocycles. The highest BCUT2D eigenvalue weighted by Crippen LogP contribution is 2.15. The van der Waals surface area contributed by atoms with Crippen molar-refractivity contribution in [2.24, 2.45) is 0 Å². The number of nitrogens with one attached hydrogen (secondary N) is 2. The summed E-state index contributed by atoms with van der Waals surface area (Å²) in [6, 6.07) is 15.2. The van der Waals surface area contributed by atoms with Gasteiger partial charge in [-0.25, -0.2) is 5.32 Å². The maximum Gasteiger partial charge on any atom is 0.255 e. The Kier molecular flexibility index (Phi) is 4.94. The number of hydrogen-bond acceptors (Lipinski definition) is 1. The fraction of sp³-hybridized carbons (Fsp3) is 0.222. The first-order valence-electron chi connectivity index (χ1n) is 7.21. The predicted molar refractivity (Wildman–Crippen MR) is 92.0 cm³/mol. The van der Waals surface area contributed by atoms with E-state index in [0.717, 1.165) is 22.8 Å². The van der Waals surface area contributed by atoms with Crippen molar-refractivity contribution in [3.05, 3.63) is 59.7 Å². The molecule has 0 unspecified atom stereocenters. The van der Waals surface area contributed by atoms with Gasteiger partial charge in [0.15, 0.2) is 0 Å². The Morgan fingerprint density at radius 1 is 0.955 bits per heavy atom. The van der Waals surface area contributed by atoms with Gasteiger partial charge in [-0.3, -0.25) is 9.37 Å². The summed E-state index contributed by atoms with van der Waals surface area (Å²) in [7, 11) is 3.97. The normalized spacial score (nSPS) is 10.0. The summed E-state index contributed by atoms with van der Waals surface area (Å²) in [5, 5.41) is 6.20. The van der Waals surface area contributed by atoms with E-state index < -0.39 is 0 Å². The number of rotatable bonds is 3. The monoisotopic (exact) mass is 296 g/mol. The maximum absolute atomic E-state index is 12.2. The summed E-state index contributed by atoms with van der Waals surface area (Å²) in [6.45, 7) is 3.98. The van der Waals surface area contributed by atoms with Crippen LogP contribution in [0.3, 0.4) is 0 Å². The number of benzene rings is 2. The molecule has 114 valence electrons. The van der Waals surface area contributed by atoms with Crippen LogP contribution in [0.2, 0.25) is 0 Å². The topological polar surface area (TPSA) is 44.1 Å². The van der Waals surface area contributed by atoms with Crippen molar-refractivity contribution in [3.8, 4) is 0 Å². The smallest absolute Gasteiger partial charge is 0.255 e. The molecule has 0 aliphatic rings. The molecular formula is C18H22N3O+. The third kappa shape index (κ3) is 4.19. The highest BCUT2D eigenvalue weighted by molar-refractivity contribution is 6.04. The van der Waals surface area contributed by atoms with Crippen molar-refractivity contribution < 1.29 is 9.37 Å². The summed E-state index contributed by atoms with van der Waals surface area (Å²) in [5.74, 6) is 0.956. The first kappa shape index (κ1) is 15.8. The molecular weight excluding hydrogens is 274 g/mol. The second-order valence-corrected chi connectivity index (χ2v) is 5.51. The Bertz CT molecular complexity index is 699. The summed E-state index contributed by atoms with van der Waals surface area (Å²) >= 11 is 0. The predicted octanol–water partition coefficient (Wildman–Crippen LogP) is 3.35. The number of nitrogens with zero attached hydrogens (tertiary/aromatic N) is 1. The van der Waals surface area contributed by atoms with Crippen molar-refractivity contribution in [2.45, 2.75) is 13.8 Å². The molecule has 2 aromatic carbocycles. The Morgan fingerprint density at radius 3 is 2.09 bits per heavy atom. The van der Waals surface area contributed by atoms with Gasteiger partial charge < -0.3 is 5.32 Å². The van der Waals surface area contributed by atoms with Crippen LogP contribution in [0.4, 0.5) is 11.4 Å². The summed E-state index contributed by atoms with van der Waals surface area (Å²) in [4.78, 5) is 12.2. The van der Waals surface area contributed by atoms with E-state index in [9.17, 15) is 4.79 Å². The second kappa shape index (κ2) is 6.89. The average molecular weight is 296 g/mol. The third-order valence-electron chi connectivity index (χ3n) is 3.42. The Hall–Kier alpha value is -2.62. The number of aryl methyl sites for hydroxylation is 1. The molecule has 4 nitrogen and oxygen atoms in total. The van der Waals surface area contributed by atoms with Gasteiger partial charge in [0, 0.05) is 18.2 Å². The summed E-state index contributed by atoms with van der Waals surface area (Å²) in [5.41, 5.74) is 3.50. The van der Waals surface area contributed by atoms with Gasteiger partial charge in [0.05, 0.1) is 14.1 Å². The Labute approximate surface area is 131 Å². The summed E-state index contributed by atoms with van der Waals surface area (Å²) < 4.78 is 2.01. The van der Waals surface area contributed by atoms with E-state index in [-0.39, 0.29) is 5.91 Å². The molecule has 2 rings (SSSR count). The van der Waals surface area contributed by atoms with Gasteiger partial charge in [0.1, 0.15) is 5.69 Å². The van der Waals surface area contributed by atoms with Gasteiger partial charge in [0.2, 0.25) is 5.84 Å². The SMILES string of the molecule is CC(Nc1ccc(NC(=O)c2cccc(C)c2)cc1)=[N+](C)C. The van der Waals surface area contributed by atoms with Crippen LogP contribution in [0.15, 0.2) is 48.5 Å². The number of amidine groups is 1. The largest absolute Gasteiger partial charge is 0.322 e. The molecule has 4 heteroatoms. The molecule has 0 saturated heterocycles. The lowest BCUT2D eigenvalue weighted by Gasteiger charge is -2.07. The third-order valence-corrected chi connectivity index (χ3v) is 3.42. The fourth-order valence-corrected chi connectivity index (χ4v) is 1.95. The van der Waals surface area contributed by atoms with Crippen LogP contribution < -0.4 is 10.6 Å². The molecule has 0 fully saturated rings. The van der Waals surface area contributed by atoms with Crippen LogP contribution >= 0.6 is 0 Å². The lowest BCUT2D eigenvalue weighted by molar-refractivity contribution is -0.464. The van der Waals surface area contributed by atoms with Crippen LogP contribution in [-0.4, -0.2) is 30.4 Å². The molecule has 0 heterocycles. The van der Waals surface area contributed by atoms with Crippen molar-refractivity contribution in [2.75, 3.05) is 24.7 Å². The van der Waals surface area contributed by atoms with E-state index in [2.05, 4.69) is 10.6 Å². The van der Waals surface area contributed by atoms with Crippen LogP contribution in [0.5, 0.6) is 0 Å². The van der Waals surface area contributed by atoms with Crippen LogP contribution in [0.1, 0.15) is 22.8 Å². The van der Waals surface area contributed by atoms with Gasteiger partial charge in [-0.1, -0.05) is 17.7 Å². The van der Waals surface area contributed by atoms with Crippen LogP contribution in [0.25, 0.3) is 0 Å². The molecule has 0 bridgehead atoms. The number of carbonyl (C=O) groups excluding carboxylic acids is 1. The minimum atomic E-state index is -0.0968. The van der Waals surface area contributed by atoms with Gasteiger partial charge in [-0.05, 0) is 43.3 Å². The molecule has 0 spiro atoms. The van der Waals surface area contributed by atoms with E-state index in [4.69, 9.17) is 0 Å². The standard InChI is InChI=1S/C18H21N3O/c1-13-6-5-7-15(12-13)18(22)20-17-10-8-16(9-11-17)19-14(2)21(3)4/h5-12H,1-4H3,(H,20,22)/p+1. The van der Waals surface area contributed by atoms with Gasteiger partial charge in [0.25, 0.3) is 5.91 Å². The van der Waals surface area contributed by atoms with E-state index in [1.54, 1.807) is 0 Å². The van der Waals surface area contributed by atoms with Crippen molar-refractivity contribution >= 4 is 23.1 Å². The highest BCUT2D eigenvalue weighted by atomic mass is 16.1. The number of anilines is 2. The zero-order valence-electron chi connectivity index (χ0n) is 13.5.